The molecule has 0 unspecified atom stereocenters. The molecule has 0 aliphatic carbocycles. The number of carbonyl (C=O) groups is 1. The van der Waals surface area contributed by atoms with Gasteiger partial charge in [-0.3, -0.25) is 4.79 Å². The molecule has 2 saturated heterocycles. The van der Waals surface area contributed by atoms with Crippen LogP contribution >= 0.6 is 11.6 Å². The van der Waals surface area contributed by atoms with Crippen molar-refractivity contribution in [3.05, 3.63) is 41.3 Å². The molecule has 1 N–H and O–H groups in total. The van der Waals surface area contributed by atoms with Gasteiger partial charge in [0.15, 0.2) is 21.5 Å². The highest BCUT2D eigenvalue weighted by Gasteiger charge is 2.35. The number of carbonyl (C=O) groups excluding carboxylic acids is 1. The van der Waals surface area contributed by atoms with Crippen LogP contribution in [0.2, 0.25) is 5.15 Å². The lowest BCUT2D eigenvalue weighted by Gasteiger charge is -2.42. The molecule has 2 fully saturated rings. The summed E-state index contributed by atoms with van der Waals surface area (Å²) in [4.78, 5) is 24.9. The zero-order valence-electron chi connectivity index (χ0n) is 18.0. The fraction of sp³-hybridized carbons (Fsp3) is 0.476. The van der Waals surface area contributed by atoms with Gasteiger partial charge in [-0.2, -0.15) is 0 Å². The predicted octanol–water partition coefficient (Wildman–Crippen LogP) is 2.88. The maximum atomic E-state index is 14.5. The van der Waals surface area contributed by atoms with Crippen LogP contribution in [0.1, 0.15) is 25.7 Å². The van der Waals surface area contributed by atoms with Gasteiger partial charge in [0.2, 0.25) is 5.91 Å². The summed E-state index contributed by atoms with van der Waals surface area (Å²) in [5, 5.41) is 3.00. The molecule has 178 valence electrons. The van der Waals surface area contributed by atoms with Crippen molar-refractivity contribution in [2.24, 2.45) is 0 Å². The van der Waals surface area contributed by atoms with Gasteiger partial charge < -0.3 is 15.1 Å². The molecule has 33 heavy (non-hydrogen) atoms. The van der Waals surface area contributed by atoms with Crippen LogP contribution in [0.3, 0.4) is 0 Å². The molecule has 0 spiro atoms. The van der Waals surface area contributed by atoms with E-state index in [2.05, 4.69) is 20.2 Å². The standard InChI is InChI=1S/C21H24ClF2N5O3S/c1-33(31,32)14-9-15(23)20(16(24)10-14)27-17-3-2-6-29(21(17)30)13-4-7-28(8-5-13)19-12-25-18(22)11-26-19/h9-13,17,27H,2-8H2,1H3/t17-/m0/s1. The lowest BCUT2D eigenvalue weighted by Crippen LogP contribution is -2.54. The number of likely N-dealkylation sites (tertiary alicyclic amines) is 1. The van der Waals surface area contributed by atoms with E-state index in [-0.39, 0.29) is 11.9 Å². The van der Waals surface area contributed by atoms with Gasteiger partial charge in [0.1, 0.15) is 22.7 Å². The van der Waals surface area contributed by atoms with Gasteiger partial charge in [0.05, 0.1) is 17.3 Å². The molecule has 4 rings (SSSR count). The SMILES string of the molecule is CS(=O)(=O)c1cc(F)c(N[C@H]2CCCN(C3CCN(c4cnc(Cl)cn4)CC3)C2=O)c(F)c1. The number of halogens is 3. The summed E-state index contributed by atoms with van der Waals surface area (Å²) in [5.41, 5.74) is -0.487. The average Bonchev–Trinajstić information content (AvgIpc) is 2.77. The van der Waals surface area contributed by atoms with Gasteiger partial charge >= 0.3 is 0 Å². The second kappa shape index (κ2) is 9.38. The molecule has 1 aromatic heterocycles. The quantitative estimate of drug-likeness (QED) is 0.675. The first-order valence-electron chi connectivity index (χ1n) is 10.6. The van der Waals surface area contributed by atoms with Crippen LogP contribution in [-0.2, 0) is 14.6 Å². The fourth-order valence-corrected chi connectivity index (χ4v) is 5.08. The Morgan fingerprint density at radius 2 is 1.73 bits per heavy atom. The molecule has 3 heterocycles. The normalized spacial score (nSPS) is 20.2. The fourth-order valence-electron chi connectivity index (χ4n) is 4.35. The van der Waals surface area contributed by atoms with Gasteiger partial charge in [-0.15, -0.1) is 0 Å². The molecular weight excluding hydrogens is 476 g/mol. The highest BCUT2D eigenvalue weighted by Crippen LogP contribution is 2.28. The molecule has 8 nitrogen and oxygen atoms in total. The minimum atomic E-state index is -3.76. The average molecular weight is 500 g/mol. The number of piperidine rings is 2. The minimum Gasteiger partial charge on any atom is -0.369 e. The van der Waals surface area contributed by atoms with Crippen molar-refractivity contribution in [1.82, 2.24) is 14.9 Å². The van der Waals surface area contributed by atoms with E-state index in [0.717, 1.165) is 37.0 Å². The Morgan fingerprint density at radius 1 is 1.06 bits per heavy atom. The predicted molar refractivity (Wildman–Crippen MR) is 120 cm³/mol. The van der Waals surface area contributed by atoms with E-state index in [1.165, 1.54) is 6.20 Å². The van der Waals surface area contributed by atoms with Crippen molar-refractivity contribution < 1.29 is 22.0 Å². The molecule has 2 aliphatic heterocycles. The van der Waals surface area contributed by atoms with Crippen LogP contribution < -0.4 is 10.2 Å². The van der Waals surface area contributed by atoms with Gasteiger partial charge in [0, 0.05) is 31.9 Å². The summed E-state index contributed by atoms with van der Waals surface area (Å²) >= 11 is 5.79. The number of hydrogen-bond donors (Lipinski definition) is 1. The molecule has 0 saturated carbocycles. The summed E-state index contributed by atoms with van der Waals surface area (Å²) in [7, 11) is -3.76. The number of sulfone groups is 1. The highest BCUT2D eigenvalue weighted by molar-refractivity contribution is 7.90. The Morgan fingerprint density at radius 3 is 2.30 bits per heavy atom. The maximum absolute atomic E-state index is 14.5. The summed E-state index contributed by atoms with van der Waals surface area (Å²) < 4.78 is 52.2. The lowest BCUT2D eigenvalue weighted by molar-refractivity contribution is -0.137. The van der Waals surface area contributed by atoms with Gasteiger partial charge in [0.25, 0.3) is 0 Å². The van der Waals surface area contributed by atoms with E-state index < -0.39 is 38.1 Å². The number of rotatable bonds is 5. The first-order valence-corrected chi connectivity index (χ1v) is 12.9. The van der Waals surface area contributed by atoms with E-state index in [0.29, 0.717) is 37.6 Å². The largest absolute Gasteiger partial charge is 0.369 e. The molecule has 2 aromatic rings. The second-order valence-electron chi connectivity index (χ2n) is 8.32. The van der Waals surface area contributed by atoms with Crippen LogP contribution in [0.5, 0.6) is 0 Å². The van der Waals surface area contributed by atoms with Crippen LogP contribution in [0.4, 0.5) is 20.3 Å². The highest BCUT2D eigenvalue weighted by atomic mass is 35.5. The second-order valence-corrected chi connectivity index (χ2v) is 10.7. The minimum absolute atomic E-state index is 0.0147. The van der Waals surface area contributed by atoms with Crippen molar-refractivity contribution in [2.75, 3.05) is 36.1 Å². The monoisotopic (exact) mass is 499 g/mol. The van der Waals surface area contributed by atoms with Crippen LogP contribution in [0.25, 0.3) is 0 Å². The Kier molecular flexibility index (Phi) is 6.71. The molecule has 1 aromatic carbocycles. The number of nitrogens with zero attached hydrogens (tertiary/aromatic N) is 4. The third kappa shape index (κ3) is 5.19. The van der Waals surface area contributed by atoms with Gasteiger partial charge in [-0.05, 0) is 37.8 Å². The Bertz CT molecular complexity index is 1120. The van der Waals surface area contributed by atoms with E-state index in [1.54, 1.807) is 11.1 Å². The first kappa shape index (κ1) is 23.6. The maximum Gasteiger partial charge on any atom is 0.245 e. The number of nitrogens with one attached hydrogen (secondary N) is 1. The van der Waals surface area contributed by atoms with E-state index >= 15 is 0 Å². The first-order chi connectivity index (χ1) is 15.6. The van der Waals surface area contributed by atoms with Crippen molar-refractivity contribution in [3.8, 4) is 0 Å². The van der Waals surface area contributed by atoms with E-state index in [1.807, 2.05) is 0 Å². The Hall–Kier alpha value is -2.53. The number of aromatic nitrogens is 2. The van der Waals surface area contributed by atoms with Crippen molar-refractivity contribution in [1.29, 1.82) is 0 Å². The molecular formula is C21H24ClF2N5O3S. The number of benzene rings is 1. The third-order valence-corrected chi connectivity index (χ3v) is 7.36. The molecule has 12 heteroatoms. The Labute approximate surface area is 195 Å². The Balaban J connectivity index is 1.42. The number of anilines is 2. The van der Waals surface area contributed by atoms with Crippen molar-refractivity contribution in [3.63, 3.8) is 0 Å². The lowest BCUT2D eigenvalue weighted by atomic mass is 9.97. The molecule has 1 amide bonds. The van der Waals surface area contributed by atoms with Crippen LogP contribution in [0, 0.1) is 11.6 Å². The van der Waals surface area contributed by atoms with Gasteiger partial charge in [-0.25, -0.2) is 27.2 Å². The summed E-state index contributed by atoms with van der Waals surface area (Å²) in [6, 6.07) is 0.760. The van der Waals surface area contributed by atoms with Crippen molar-refractivity contribution >= 4 is 38.9 Å². The van der Waals surface area contributed by atoms with E-state index in [9.17, 15) is 22.0 Å². The van der Waals surface area contributed by atoms with Crippen molar-refractivity contribution in [2.45, 2.75) is 42.7 Å². The van der Waals surface area contributed by atoms with E-state index in [4.69, 9.17) is 11.6 Å². The molecule has 1 atom stereocenters. The zero-order chi connectivity index (χ0) is 23.8. The van der Waals surface area contributed by atoms with Gasteiger partial charge in [-0.1, -0.05) is 11.6 Å². The van der Waals surface area contributed by atoms with Crippen LogP contribution in [0.15, 0.2) is 29.4 Å². The number of amides is 1. The number of hydrogen-bond acceptors (Lipinski definition) is 7. The topological polar surface area (TPSA) is 95.5 Å². The van der Waals surface area contributed by atoms with Crippen LogP contribution in [-0.4, -0.2) is 67.2 Å². The third-order valence-electron chi connectivity index (χ3n) is 6.07. The molecule has 0 bridgehead atoms. The summed E-state index contributed by atoms with van der Waals surface area (Å²) in [6.07, 6.45) is 6.57. The molecule has 0 radical (unpaired) electrons. The summed E-state index contributed by atoms with van der Waals surface area (Å²) in [6.45, 7) is 1.97. The summed E-state index contributed by atoms with van der Waals surface area (Å²) in [5.74, 6) is -1.57. The zero-order valence-corrected chi connectivity index (χ0v) is 19.5. The smallest absolute Gasteiger partial charge is 0.245 e. The molecule has 2 aliphatic rings.